The summed E-state index contributed by atoms with van der Waals surface area (Å²) in [6.45, 7) is 7.88. The van der Waals surface area contributed by atoms with E-state index in [0.29, 0.717) is 11.3 Å². The number of rotatable bonds is 5. The lowest BCUT2D eigenvalue weighted by molar-refractivity contribution is -0.139. The first kappa shape index (κ1) is 21.2. The van der Waals surface area contributed by atoms with Crippen molar-refractivity contribution >= 4 is 28.9 Å². The predicted molar refractivity (Wildman–Crippen MR) is 126 cm³/mol. The Morgan fingerprint density at radius 1 is 1.09 bits per heavy atom. The maximum atomic E-state index is 14.0. The second-order valence-electron chi connectivity index (χ2n) is 8.94. The summed E-state index contributed by atoms with van der Waals surface area (Å²) in [5, 5.41) is 0. The standard InChI is InChI=1S/C27H26N2O4/c1-5-11-28-26(31)22-21-13-16(3)19-12-15(2)9-10-20(19)29(21)24(23(22)27(28)32)25(30)17-7-6-8-18(14-17)33-4/h5-10,12-14,21-24H,1,11H2,2-4H3/t21-,22+,23+,24-/m0/s1. The molecular formula is C27H26N2O4. The van der Waals surface area contributed by atoms with Crippen molar-refractivity contribution in [3.63, 3.8) is 0 Å². The highest BCUT2D eigenvalue weighted by Gasteiger charge is 2.64. The van der Waals surface area contributed by atoms with Crippen molar-refractivity contribution in [2.75, 3.05) is 18.6 Å². The van der Waals surface area contributed by atoms with Crippen LogP contribution in [-0.2, 0) is 9.59 Å². The number of ether oxygens (including phenoxy) is 1. The average Bonchev–Trinajstić information content (AvgIpc) is 3.27. The number of amides is 2. The quantitative estimate of drug-likeness (QED) is 0.402. The number of ketones is 1. The maximum Gasteiger partial charge on any atom is 0.236 e. The first-order valence-electron chi connectivity index (χ1n) is 11.1. The zero-order valence-electron chi connectivity index (χ0n) is 18.9. The van der Waals surface area contributed by atoms with Gasteiger partial charge in [-0.1, -0.05) is 35.9 Å². The second-order valence-corrected chi connectivity index (χ2v) is 8.94. The van der Waals surface area contributed by atoms with Gasteiger partial charge in [-0.3, -0.25) is 19.3 Å². The van der Waals surface area contributed by atoms with Crippen molar-refractivity contribution in [2.45, 2.75) is 25.9 Å². The fourth-order valence-corrected chi connectivity index (χ4v) is 5.57. The summed E-state index contributed by atoms with van der Waals surface area (Å²) in [5.74, 6) is -1.52. The molecule has 0 unspecified atom stereocenters. The lowest BCUT2D eigenvalue weighted by Gasteiger charge is -2.38. The van der Waals surface area contributed by atoms with E-state index in [-0.39, 0.29) is 30.2 Å². The minimum absolute atomic E-state index is 0.149. The molecule has 168 valence electrons. The topological polar surface area (TPSA) is 66.9 Å². The molecule has 3 aliphatic heterocycles. The smallest absolute Gasteiger partial charge is 0.236 e. The minimum Gasteiger partial charge on any atom is -0.497 e. The molecule has 0 aromatic heterocycles. The summed E-state index contributed by atoms with van der Waals surface area (Å²) in [6, 6.07) is 11.9. The largest absolute Gasteiger partial charge is 0.497 e. The number of anilines is 1. The first-order valence-corrected chi connectivity index (χ1v) is 11.1. The molecule has 5 rings (SSSR count). The van der Waals surface area contributed by atoms with Gasteiger partial charge in [0.15, 0.2) is 5.78 Å². The molecule has 2 amide bonds. The molecule has 0 radical (unpaired) electrons. The van der Waals surface area contributed by atoms with Gasteiger partial charge in [0.25, 0.3) is 0 Å². The van der Waals surface area contributed by atoms with Gasteiger partial charge in [0.05, 0.1) is 25.0 Å². The predicted octanol–water partition coefficient (Wildman–Crippen LogP) is 3.65. The van der Waals surface area contributed by atoms with E-state index in [4.69, 9.17) is 4.74 Å². The number of hydrogen-bond acceptors (Lipinski definition) is 5. The Bertz CT molecular complexity index is 1230. The molecule has 3 aliphatic rings. The molecule has 33 heavy (non-hydrogen) atoms. The summed E-state index contributed by atoms with van der Waals surface area (Å²) in [7, 11) is 1.55. The molecule has 4 atom stereocenters. The number of hydrogen-bond donors (Lipinski definition) is 0. The third-order valence-electron chi connectivity index (χ3n) is 7.03. The molecule has 0 aliphatic carbocycles. The van der Waals surface area contributed by atoms with Crippen molar-refractivity contribution in [1.29, 1.82) is 0 Å². The number of carbonyl (C=O) groups is 3. The van der Waals surface area contributed by atoms with Crippen LogP contribution in [-0.4, -0.2) is 48.2 Å². The Morgan fingerprint density at radius 3 is 2.58 bits per heavy atom. The lowest BCUT2D eigenvalue weighted by atomic mass is 9.85. The minimum atomic E-state index is -0.788. The van der Waals surface area contributed by atoms with Crippen LogP contribution < -0.4 is 9.64 Å². The normalized spacial score (nSPS) is 25.4. The van der Waals surface area contributed by atoms with E-state index in [0.717, 1.165) is 22.4 Å². The molecule has 3 heterocycles. The van der Waals surface area contributed by atoms with Crippen LogP contribution in [0.4, 0.5) is 5.69 Å². The van der Waals surface area contributed by atoms with Crippen molar-refractivity contribution < 1.29 is 19.1 Å². The van der Waals surface area contributed by atoms with Gasteiger partial charge in [-0.25, -0.2) is 0 Å². The highest BCUT2D eigenvalue weighted by Crippen LogP contribution is 2.50. The summed E-state index contributed by atoms with van der Waals surface area (Å²) in [4.78, 5) is 44.1. The van der Waals surface area contributed by atoms with Crippen LogP contribution in [0, 0.1) is 18.8 Å². The van der Waals surface area contributed by atoms with E-state index in [1.165, 1.54) is 4.90 Å². The van der Waals surface area contributed by atoms with Gasteiger partial charge in [0.1, 0.15) is 11.8 Å². The van der Waals surface area contributed by atoms with Crippen LogP contribution >= 0.6 is 0 Å². The first-order chi connectivity index (χ1) is 15.9. The molecule has 0 N–H and O–H groups in total. The molecule has 2 aromatic rings. The van der Waals surface area contributed by atoms with Gasteiger partial charge in [0, 0.05) is 23.4 Å². The van der Waals surface area contributed by atoms with Crippen molar-refractivity contribution in [2.24, 2.45) is 11.8 Å². The number of aryl methyl sites for hydroxylation is 1. The molecule has 6 heteroatoms. The number of methoxy groups -OCH3 is 1. The molecular weight excluding hydrogens is 416 g/mol. The van der Waals surface area contributed by atoms with Crippen LogP contribution in [0.3, 0.4) is 0 Å². The number of carbonyl (C=O) groups excluding carboxylic acids is 3. The summed E-state index contributed by atoms with van der Waals surface area (Å²) < 4.78 is 5.32. The monoisotopic (exact) mass is 442 g/mol. The van der Waals surface area contributed by atoms with Crippen molar-refractivity contribution in [3.05, 3.63) is 77.9 Å². The van der Waals surface area contributed by atoms with Gasteiger partial charge >= 0.3 is 0 Å². The molecule has 0 saturated carbocycles. The van der Waals surface area contributed by atoms with Gasteiger partial charge in [-0.15, -0.1) is 6.58 Å². The second kappa shape index (κ2) is 7.73. The Labute approximate surface area is 193 Å². The highest BCUT2D eigenvalue weighted by molar-refractivity contribution is 6.14. The number of Topliss-reactive ketones (excluding diaryl/α,β-unsaturated/α-hetero) is 1. The van der Waals surface area contributed by atoms with E-state index < -0.39 is 17.9 Å². The van der Waals surface area contributed by atoms with E-state index in [2.05, 4.69) is 12.6 Å². The fourth-order valence-electron chi connectivity index (χ4n) is 5.57. The maximum absolute atomic E-state index is 14.0. The Morgan fingerprint density at radius 2 is 1.85 bits per heavy atom. The van der Waals surface area contributed by atoms with Crippen molar-refractivity contribution in [3.8, 4) is 5.75 Å². The van der Waals surface area contributed by atoms with Crippen LogP contribution in [0.15, 0.2) is 61.2 Å². The van der Waals surface area contributed by atoms with Gasteiger partial charge < -0.3 is 9.64 Å². The van der Waals surface area contributed by atoms with E-state index in [9.17, 15) is 14.4 Å². The average molecular weight is 443 g/mol. The van der Waals surface area contributed by atoms with Crippen LogP contribution in [0.2, 0.25) is 0 Å². The Balaban J connectivity index is 1.69. The third-order valence-corrected chi connectivity index (χ3v) is 7.03. The number of nitrogens with zero attached hydrogens (tertiary/aromatic N) is 2. The fraction of sp³-hybridized carbons (Fsp3) is 0.296. The number of allylic oxidation sites excluding steroid dienone is 1. The number of likely N-dealkylation sites (tertiary alicyclic amines) is 1. The van der Waals surface area contributed by atoms with E-state index in [1.807, 2.05) is 37.0 Å². The lowest BCUT2D eigenvalue weighted by Crippen LogP contribution is -2.49. The number of fused-ring (bicyclic) bond motifs is 5. The molecule has 6 nitrogen and oxygen atoms in total. The molecule has 2 aromatic carbocycles. The zero-order valence-corrected chi connectivity index (χ0v) is 18.9. The number of imide groups is 1. The van der Waals surface area contributed by atoms with Gasteiger partial charge in [0.2, 0.25) is 11.8 Å². The SMILES string of the molecule is C=CCN1C(=O)[C@@H]2[C@H](C1=O)[C@@H]1C=C(C)c3cc(C)ccc3N1[C@@H]2C(=O)c1cccc(OC)c1. The van der Waals surface area contributed by atoms with Crippen molar-refractivity contribution in [1.82, 2.24) is 4.90 Å². The summed E-state index contributed by atoms with van der Waals surface area (Å²) in [6.07, 6.45) is 3.59. The van der Waals surface area contributed by atoms with E-state index >= 15 is 0 Å². The summed E-state index contributed by atoms with van der Waals surface area (Å²) >= 11 is 0. The molecule has 2 saturated heterocycles. The Hall–Kier alpha value is -3.67. The van der Waals surface area contributed by atoms with Gasteiger partial charge in [-0.05, 0) is 43.7 Å². The number of benzene rings is 2. The third kappa shape index (κ3) is 3.04. The molecule has 2 fully saturated rings. The van der Waals surface area contributed by atoms with Crippen LogP contribution in [0.1, 0.15) is 28.4 Å². The van der Waals surface area contributed by atoms with Crippen LogP contribution in [0.25, 0.3) is 5.57 Å². The zero-order chi connectivity index (χ0) is 23.4. The highest BCUT2D eigenvalue weighted by atomic mass is 16.5. The Kier molecular flexibility index (Phi) is 4.96. The summed E-state index contributed by atoms with van der Waals surface area (Å²) in [5.41, 5.74) is 4.53. The van der Waals surface area contributed by atoms with E-state index in [1.54, 1.807) is 37.5 Å². The van der Waals surface area contributed by atoms with Gasteiger partial charge in [-0.2, -0.15) is 0 Å². The molecule has 0 spiro atoms. The van der Waals surface area contributed by atoms with Crippen LogP contribution in [0.5, 0.6) is 5.75 Å². The molecule has 0 bridgehead atoms.